The Morgan fingerprint density at radius 3 is 1.59 bits per heavy atom. The predicted molar refractivity (Wildman–Crippen MR) is 119 cm³/mol. The van der Waals surface area contributed by atoms with Gasteiger partial charge >= 0.3 is 5.97 Å². The van der Waals surface area contributed by atoms with E-state index in [1.54, 1.807) is 36.4 Å². The number of aliphatic carboxylic acids is 1. The zero-order chi connectivity index (χ0) is 23.1. The number of benzene rings is 2. The third kappa shape index (κ3) is 5.70. The number of carboxylic acids is 1. The lowest BCUT2D eigenvalue weighted by atomic mass is 10.2. The lowest BCUT2D eigenvalue weighted by molar-refractivity contribution is -0.384. The molecule has 0 aromatic heterocycles. The molecule has 1 heterocycles. The van der Waals surface area contributed by atoms with Crippen LogP contribution in [0.25, 0.3) is 0 Å². The van der Waals surface area contributed by atoms with Gasteiger partial charge in [-0.15, -0.1) is 0 Å². The van der Waals surface area contributed by atoms with Gasteiger partial charge < -0.3 is 14.9 Å². The summed E-state index contributed by atoms with van der Waals surface area (Å²) in [5.74, 6) is -0.907. The van der Waals surface area contributed by atoms with Crippen molar-refractivity contribution in [3.8, 4) is 0 Å². The summed E-state index contributed by atoms with van der Waals surface area (Å²) in [7, 11) is 0. The van der Waals surface area contributed by atoms with Gasteiger partial charge in [-0.25, -0.2) is 0 Å². The fraction of sp³-hybridized carbons (Fsp3) is 0.381. The van der Waals surface area contributed by atoms with Crippen LogP contribution in [0.4, 0.5) is 22.7 Å². The Morgan fingerprint density at radius 2 is 1.19 bits per heavy atom. The summed E-state index contributed by atoms with van der Waals surface area (Å²) >= 11 is 0. The summed E-state index contributed by atoms with van der Waals surface area (Å²) in [5, 5.41) is 32.2. The molecule has 1 aliphatic rings. The van der Waals surface area contributed by atoms with Gasteiger partial charge in [-0.1, -0.05) is 24.3 Å². The van der Waals surface area contributed by atoms with E-state index in [0.29, 0.717) is 57.2 Å². The van der Waals surface area contributed by atoms with E-state index >= 15 is 0 Å². The van der Waals surface area contributed by atoms with Gasteiger partial charge in [-0.2, -0.15) is 0 Å². The van der Waals surface area contributed by atoms with Gasteiger partial charge in [0, 0.05) is 57.9 Å². The second kappa shape index (κ2) is 10.5. The first kappa shape index (κ1) is 22.9. The normalized spacial score (nSPS) is 15.5. The summed E-state index contributed by atoms with van der Waals surface area (Å²) < 4.78 is 0. The minimum atomic E-state index is -0.907. The third-order valence-electron chi connectivity index (χ3n) is 5.49. The Kier molecular flexibility index (Phi) is 7.55. The van der Waals surface area contributed by atoms with Crippen LogP contribution in [-0.2, 0) is 4.79 Å². The SMILES string of the molecule is O=C(O)CCN1CCN(c2ccccc2[N+](=O)[O-])CCN(c2ccccc2[N+](=O)[O-])CC1. The number of rotatable bonds is 7. The number of para-hydroxylation sites is 4. The van der Waals surface area contributed by atoms with Crippen molar-refractivity contribution in [2.45, 2.75) is 6.42 Å². The maximum absolute atomic E-state index is 11.6. The zero-order valence-electron chi connectivity index (χ0n) is 17.5. The maximum atomic E-state index is 11.6. The number of nitrogens with zero attached hydrogens (tertiary/aromatic N) is 5. The van der Waals surface area contributed by atoms with Crippen LogP contribution >= 0.6 is 0 Å². The van der Waals surface area contributed by atoms with Crippen LogP contribution in [0, 0.1) is 20.2 Å². The summed E-state index contributed by atoms with van der Waals surface area (Å²) in [6.07, 6.45) is -0.0308. The first-order valence-corrected chi connectivity index (χ1v) is 10.3. The first-order chi connectivity index (χ1) is 15.4. The second-order valence-corrected chi connectivity index (χ2v) is 7.45. The second-order valence-electron chi connectivity index (χ2n) is 7.45. The van der Waals surface area contributed by atoms with E-state index in [-0.39, 0.29) is 17.8 Å². The molecular formula is C21H25N5O6. The van der Waals surface area contributed by atoms with Gasteiger partial charge in [0.15, 0.2) is 0 Å². The van der Waals surface area contributed by atoms with Crippen LogP contribution in [0.5, 0.6) is 0 Å². The van der Waals surface area contributed by atoms with Crippen molar-refractivity contribution in [1.29, 1.82) is 0 Å². The summed E-state index contributed by atoms with van der Waals surface area (Å²) in [6, 6.07) is 13.0. The predicted octanol–water partition coefficient (Wildman–Crippen LogP) is 2.61. The zero-order valence-corrected chi connectivity index (χ0v) is 17.5. The van der Waals surface area contributed by atoms with Crippen molar-refractivity contribution in [2.75, 3.05) is 55.6 Å². The van der Waals surface area contributed by atoms with Crippen LogP contribution in [-0.4, -0.2) is 71.6 Å². The van der Waals surface area contributed by atoms with E-state index in [1.165, 1.54) is 12.1 Å². The van der Waals surface area contributed by atoms with Crippen molar-refractivity contribution in [3.05, 3.63) is 68.8 Å². The Labute approximate surface area is 184 Å². The topological polar surface area (TPSA) is 133 Å². The number of hydrogen-bond acceptors (Lipinski definition) is 8. The van der Waals surface area contributed by atoms with E-state index in [4.69, 9.17) is 5.11 Å². The molecule has 0 spiro atoms. The monoisotopic (exact) mass is 443 g/mol. The van der Waals surface area contributed by atoms with Gasteiger partial charge in [-0.05, 0) is 12.1 Å². The van der Waals surface area contributed by atoms with Crippen LogP contribution in [0.3, 0.4) is 0 Å². The minimum Gasteiger partial charge on any atom is -0.481 e. The number of carboxylic acid groups (broad SMARTS) is 1. The molecule has 0 aliphatic carbocycles. The van der Waals surface area contributed by atoms with E-state index < -0.39 is 15.8 Å². The van der Waals surface area contributed by atoms with E-state index in [2.05, 4.69) is 0 Å². The number of anilines is 2. The lowest BCUT2D eigenvalue weighted by Gasteiger charge is -2.28. The lowest BCUT2D eigenvalue weighted by Crippen LogP contribution is -2.37. The molecule has 170 valence electrons. The number of nitro groups is 2. The highest BCUT2D eigenvalue weighted by Crippen LogP contribution is 2.30. The van der Waals surface area contributed by atoms with Gasteiger partial charge in [0.2, 0.25) is 0 Å². The molecule has 0 radical (unpaired) electrons. The van der Waals surface area contributed by atoms with Crippen molar-refractivity contribution in [1.82, 2.24) is 4.90 Å². The summed E-state index contributed by atoms with van der Waals surface area (Å²) in [5.41, 5.74) is 0.919. The molecule has 0 atom stereocenters. The quantitative estimate of drug-likeness (QED) is 0.506. The highest BCUT2D eigenvalue weighted by atomic mass is 16.6. The standard InChI is InChI=1S/C21H25N5O6/c27-21(28)9-10-22-11-13-23(17-5-1-3-7-19(17)25(29)30)15-16-24(14-12-22)18-6-2-4-8-20(18)26(31)32/h1-8H,9-16H2,(H,27,28). The molecule has 32 heavy (non-hydrogen) atoms. The Bertz CT molecular complexity index is 915. The van der Waals surface area contributed by atoms with E-state index in [9.17, 15) is 25.0 Å². The Balaban J connectivity index is 1.92. The molecule has 0 amide bonds. The van der Waals surface area contributed by atoms with Gasteiger partial charge in [-0.3, -0.25) is 29.9 Å². The molecule has 1 aliphatic heterocycles. The molecular weight excluding hydrogens is 418 g/mol. The highest BCUT2D eigenvalue weighted by molar-refractivity contribution is 5.67. The molecule has 0 unspecified atom stereocenters. The van der Waals surface area contributed by atoms with Crippen LogP contribution in [0.2, 0.25) is 0 Å². The average molecular weight is 443 g/mol. The highest BCUT2D eigenvalue weighted by Gasteiger charge is 2.25. The Hall–Kier alpha value is -3.73. The molecule has 2 aromatic rings. The van der Waals surface area contributed by atoms with Crippen molar-refractivity contribution in [3.63, 3.8) is 0 Å². The Morgan fingerprint density at radius 1 is 0.781 bits per heavy atom. The molecule has 1 fully saturated rings. The average Bonchev–Trinajstić information content (AvgIpc) is 2.88. The first-order valence-electron chi connectivity index (χ1n) is 10.3. The van der Waals surface area contributed by atoms with Crippen LogP contribution in [0.15, 0.2) is 48.5 Å². The van der Waals surface area contributed by atoms with Crippen LogP contribution in [0.1, 0.15) is 6.42 Å². The van der Waals surface area contributed by atoms with Crippen LogP contribution < -0.4 is 9.80 Å². The third-order valence-corrected chi connectivity index (χ3v) is 5.49. The maximum Gasteiger partial charge on any atom is 0.304 e. The van der Waals surface area contributed by atoms with Crippen molar-refractivity contribution >= 4 is 28.7 Å². The summed E-state index contributed by atoms with van der Waals surface area (Å²) in [4.78, 5) is 39.1. The molecule has 0 bridgehead atoms. The molecule has 1 saturated heterocycles. The van der Waals surface area contributed by atoms with E-state index in [0.717, 1.165) is 0 Å². The van der Waals surface area contributed by atoms with Crippen molar-refractivity contribution in [2.24, 2.45) is 0 Å². The fourth-order valence-electron chi connectivity index (χ4n) is 3.83. The molecule has 3 rings (SSSR count). The molecule has 0 saturated carbocycles. The fourth-order valence-corrected chi connectivity index (χ4v) is 3.83. The van der Waals surface area contributed by atoms with Gasteiger partial charge in [0.05, 0.1) is 16.3 Å². The number of nitro benzene ring substituents is 2. The molecule has 11 heteroatoms. The summed E-state index contributed by atoms with van der Waals surface area (Å²) in [6.45, 7) is 3.14. The van der Waals surface area contributed by atoms with Gasteiger partial charge in [0.25, 0.3) is 11.4 Å². The number of hydrogen-bond donors (Lipinski definition) is 1. The minimum absolute atomic E-state index is 0.0129. The molecule has 1 N–H and O–H groups in total. The molecule has 11 nitrogen and oxygen atoms in total. The van der Waals surface area contributed by atoms with Crippen molar-refractivity contribution < 1.29 is 19.7 Å². The molecule has 2 aromatic carbocycles. The van der Waals surface area contributed by atoms with E-state index in [1.807, 2.05) is 14.7 Å². The smallest absolute Gasteiger partial charge is 0.304 e. The largest absolute Gasteiger partial charge is 0.481 e. The van der Waals surface area contributed by atoms with Gasteiger partial charge in [0.1, 0.15) is 11.4 Å². The number of carbonyl (C=O) groups is 1.